The van der Waals surface area contributed by atoms with Crippen LogP contribution in [0.15, 0.2) is 24.5 Å². The Kier molecular flexibility index (Phi) is 11.5. The normalized spacial score (nSPS) is 17.9. The average Bonchev–Trinajstić information content (AvgIpc) is 3.41. The minimum Gasteiger partial charge on any atom is -0.434 e. The van der Waals surface area contributed by atoms with Crippen molar-refractivity contribution < 1.29 is 23.8 Å². The summed E-state index contributed by atoms with van der Waals surface area (Å²) < 4.78 is 25.6. The number of carbonyl (C=O) groups excluding carboxylic acids is 1. The van der Waals surface area contributed by atoms with E-state index in [4.69, 9.17) is 9.47 Å². The second-order valence-electron chi connectivity index (χ2n) is 13.0. The molecular weight excluding hydrogens is 565 g/mol. The van der Waals surface area contributed by atoms with E-state index < -0.39 is 11.9 Å². The summed E-state index contributed by atoms with van der Waals surface area (Å²) in [5, 5.41) is 19.0. The van der Waals surface area contributed by atoms with E-state index in [0.717, 1.165) is 45.6 Å². The van der Waals surface area contributed by atoms with E-state index >= 15 is 0 Å². The van der Waals surface area contributed by atoms with Crippen molar-refractivity contribution in [1.82, 2.24) is 29.9 Å². The number of anilines is 1. The highest BCUT2D eigenvalue weighted by molar-refractivity contribution is 5.97. The van der Waals surface area contributed by atoms with Crippen LogP contribution in [0.5, 0.6) is 11.6 Å². The number of ether oxygens (including phenoxy) is 2. The molecule has 0 radical (unpaired) electrons. The molecule has 244 valence electrons. The Bertz CT molecular complexity index is 1240. The first-order valence-corrected chi connectivity index (χ1v) is 15.8. The van der Waals surface area contributed by atoms with Gasteiger partial charge < -0.3 is 29.3 Å². The molecule has 44 heavy (non-hydrogen) atoms. The summed E-state index contributed by atoms with van der Waals surface area (Å²) in [6, 6.07) is 4.18. The van der Waals surface area contributed by atoms with Crippen LogP contribution >= 0.6 is 0 Å². The van der Waals surface area contributed by atoms with E-state index in [1.807, 2.05) is 27.8 Å². The summed E-state index contributed by atoms with van der Waals surface area (Å²) in [5.74, 6) is 0.561. The van der Waals surface area contributed by atoms with Gasteiger partial charge in [0.25, 0.3) is 11.8 Å². The van der Waals surface area contributed by atoms with E-state index in [0.29, 0.717) is 37.5 Å². The predicted octanol–water partition coefficient (Wildman–Crippen LogP) is 3.54. The van der Waals surface area contributed by atoms with Crippen LogP contribution in [0, 0.1) is 17.2 Å². The Labute approximate surface area is 261 Å². The molecule has 2 aliphatic heterocycles. The average molecular weight is 616 g/mol. The lowest BCUT2D eigenvalue weighted by Gasteiger charge is -2.53. The lowest BCUT2D eigenvalue weighted by Crippen LogP contribution is -2.62. The summed E-state index contributed by atoms with van der Waals surface area (Å²) in [6.07, 6.45) is 2.73. The smallest absolute Gasteiger partial charge is 0.282 e. The number of amides is 1. The number of aliphatic hydroxyl groups is 1. The first-order valence-electron chi connectivity index (χ1n) is 15.8. The number of nitrogens with zero attached hydrogens (tertiary/aromatic N) is 7. The van der Waals surface area contributed by atoms with Crippen LogP contribution in [0.2, 0.25) is 0 Å². The van der Waals surface area contributed by atoms with Gasteiger partial charge in [-0.15, -0.1) is 10.2 Å². The third kappa shape index (κ3) is 8.01. The number of carbonyl (C=O) groups is 1. The van der Waals surface area contributed by atoms with Gasteiger partial charge in [-0.3, -0.25) is 9.69 Å². The molecule has 1 N–H and O–H groups in total. The van der Waals surface area contributed by atoms with Crippen LogP contribution in [0.1, 0.15) is 57.8 Å². The number of rotatable bonds is 15. The van der Waals surface area contributed by atoms with E-state index in [1.165, 1.54) is 24.5 Å². The Balaban J connectivity index is 1.43. The van der Waals surface area contributed by atoms with Crippen molar-refractivity contribution in [2.45, 2.75) is 65.6 Å². The van der Waals surface area contributed by atoms with Crippen molar-refractivity contribution >= 4 is 11.7 Å². The van der Waals surface area contributed by atoms with Gasteiger partial charge in [-0.05, 0) is 64.8 Å². The molecule has 3 heterocycles. The topological polar surface area (TPSA) is 107 Å². The molecule has 1 unspecified atom stereocenters. The lowest BCUT2D eigenvalue weighted by atomic mass is 9.76. The van der Waals surface area contributed by atoms with Crippen LogP contribution in [-0.2, 0) is 4.74 Å². The molecule has 1 aromatic carbocycles. The number of aliphatic hydroxyl groups excluding tert-OH is 1. The van der Waals surface area contributed by atoms with Gasteiger partial charge >= 0.3 is 0 Å². The number of benzene rings is 1. The molecule has 1 spiro atoms. The first-order chi connectivity index (χ1) is 21.0. The highest BCUT2D eigenvalue weighted by Crippen LogP contribution is 2.44. The second-order valence-corrected chi connectivity index (χ2v) is 13.0. The largest absolute Gasteiger partial charge is 0.434 e. The van der Waals surface area contributed by atoms with Crippen molar-refractivity contribution in [1.29, 1.82) is 0 Å². The molecule has 2 aromatic rings. The minimum absolute atomic E-state index is 0.0546. The number of likely N-dealkylation sites (N-methyl/N-ethyl adjacent to an activating group) is 1. The number of aromatic nitrogens is 3. The van der Waals surface area contributed by atoms with Crippen LogP contribution < -0.4 is 9.64 Å². The summed E-state index contributed by atoms with van der Waals surface area (Å²) in [5.41, 5.74) is 0.252. The maximum atomic E-state index is 14.3. The molecule has 11 nitrogen and oxygen atoms in total. The van der Waals surface area contributed by atoms with Gasteiger partial charge in [0.2, 0.25) is 0 Å². The highest BCUT2D eigenvalue weighted by atomic mass is 19.1. The van der Waals surface area contributed by atoms with Crippen LogP contribution in [0.25, 0.3) is 0 Å². The molecule has 2 fully saturated rings. The zero-order valence-corrected chi connectivity index (χ0v) is 27.4. The van der Waals surface area contributed by atoms with Gasteiger partial charge in [0, 0.05) is 70.4 Å². The number of methoxy groups -OCH3 is 1. The Morgan fingerprint density at radius 2 is 1.95 bits per heavy atom. The monoisotopic (exact) mass is 615 g/mol. The standard InChI is InChI=1S/C32H50FN7O4/c1-8-40(23(4)5)31(42)26-15-24(33)9-10-28(26)44-30-29(34-21-35-36-30)38-12-11-32(18-38)19-39(20-32)27(22(2)3)16-25(41)17-37(6)13-14-43-7/h9-10,15,21-23,25,27,41H,8,11-14,16-20H2,1-7H3/t25-,27?/m1/s1. The molecule has 4 rings (SSSR count). The summed E-state index contributed by atoms with van der Waals surface area (Å²) in [7, 11) is 3.70. The Morgan fingerprint density at radius 1 is 1.20 bits per heavy atom. The fourth-order valence-corrected chi connectivity index (χ4v) is 6.62. The quantitative estimate of drug-likeness (QED) is 0.320. The highest BCUT2D eigenvalue weighted by Gasteiger charge is 2.50. The van der Waals surface area contributed by atoms with Crippen molar-refractivity contribution in [2.24, 2.45) is 11.3 Å². The van der Waals surface area contributed by atoms with Crippen molar-refractivity contribution in [3.63, 3.8) is 0 Å². The maximum absolute atomic E-state index is 14.3. The van der Waals surface area contributed by atoms with E-state index in [9.17, 15) is 14.3 Å². The predicted molar refractivity (Wildman–Crippen MR) is 168 cm³/mol. The molecule has 2 saturated heterocycles. The van der Waals surface area contributed by atoms with Gasteiger partial charge in [0.05, 0.1) is 18.3 Å². The SMILES string of the molecule is CCN(C(=O)c1cc(F)ccc1Oc1nncnc1N1CCC2(C1)CN(C(C[C@@H](O)CN(C)CCOC)C(C)C)C2)C(C)C. The molecule has 0 aliphatic carbocycles. The molecule has 2 atom stereocenters. The summed E-state index contributed by atoms with van der Waals surface area (Å²) >= 11 is 0. The number of hydrogen-bond acceptors (Lipinski definition) is 10. The van der Waals surface area contributed by atoms with E-state index in [1.54, 1.807) is 12.0 Å². The van der Waals surface area contributed by atoms with Crippen LogP contribution in [0.4, 0.5) is 10.2 Å². The minimum atomic E-state index is -0.514. The van der Waals surface area contributed by atoms with Gasteiger partial charge in [-0.25, -0.2) is 9.37 Å². The molecule has 0 bridgehead atoms. The molecule has 0 saturated carbocycles. The molecule has 1 amide bonds. The number of hydrogen-bond donors (Lipinski definition) is 1. The molecule has 1 aromatic heterocycles. The number of halogens is 1. The fourth-order valence-electron chi connectivity index (χ4n) is 6.62. The zero-order chi connectivity index (χ0) is 32.0. The zero-order valence-electron chi connectivity index (χ0n) is 27.4. The van der Waals surface area contributed by atoms with E-state index in [-0.39, 0.29) is 34.6 Å². The van der Waals surface area contributed by atoms with Crippen molar-refractivity contribution in [2.75, 3.05) is 71.5 Å². The third-order valence-electron chi connectivity index (χ3n) is 8.94. The molecular formula is C32H50FN7O4. The summed E-state index contributed by atoms with van der Waals surface area (Å²) in [4.78, 5) is 26.3. The second kappa shape index (κ2) is 14.9. The van der Waals surface area contributed by atoms with Gasteiger partial charge in [0.15, 0.2) is 5.82 Å². The Morgan fingerprint density at radius 3 is 2.61 bits per heavy atom. The summed E-state index contributed by atoms with van der Waals surface area (Å²) in [6.45, 7) is 16.2. The first kappa shape index (κ1) is 34.0. The molecule has 12 heteroatoms. The number of likely N-dealkylation sites (tertiary alicyclic amines) is 1. The van der Waals surface area contributed by atoms with Crippen molar-refractivity contribution in [3.05, 3.63) is 35.9 Å². The van der Waals surface area contributed by atoms with Gasteiger partial charge in [-0.2, -0.15) is 0 Å². The van der Waals surface area contributed by atoms with E-state index in [2.05, 4.69) is 43.7 Å². The Hall–Kier alpha value is -2.93. The van der Waals surface area contributed by atoms with Crippen molar-refractivity contribution in [3.8, 4) is 11.6 Å². The van der Waals surface area contributed by atoms with Crippen LogP contribution in [-0.4, -0.2) is 126 Å². The lowest BCUT2D eigenvalue weighted by molar-refractivity contribution is -0.0484. The fraction of sp³-hybridized carbons (Fsp3) is 0.688. The third-order valence-corrected chi connectivity index (χ3v) is 8.94. The van der Waals surface area contributed by atoms with Gasteiger partial charge in [0.1, 0.15) is 17.9 Å². The van der Waals surface area contributed by atoms with Crippen LogP contribution in [0.3, 0.4) is 0 Å². The van der Waals surface area contributed by atoms with Gasteiger partial charge in [-0.1, -0.05) is 13.8 Å². The molecule has 2 aliphatic rings. The maximum Gasteiger partial charge on any atom is 0.282 e.